The Morgan fingerprint density at radius 1 is 1.04 bits per heavy atom. The number of likely N-dealkylation sites (tertiary alicyclic amines) is 2. The molecule has 2 heterocycles. The Balaban J connectivity index is 1.49. The number of carboxylic acid groups (broad SMARTS) is 1. The number of amides is 2. The highest BCUT2D eigenvalue weighted by molar-refractivity contribution is 5.95. The summed E-state index contributed by atoms with van der Waals surface area (Å²) in [5, 5.41) is 9.97. The van der Waals surface area contributed by atoms with E-state index in [4.69, 9.17) is 0 Å². The van der Waals surface area contributed by atoms with Crippen LogP contribution in [-0.4, -0.2) is 73.0 Å². The van der Waals surface area contributed by atoms with Crippen molar-refractivity contribution in [3.63, 3.8) is 0 Å². The first-order valence-electron chi connectivity index (χ1n) is 9.90. The largest absolute Gasteiger partial charge is 0.481 e. The lowest BCUT2D eigenvalue weighted by molar-refractivity contribution is -0.149. The molecule has 1 aromatic carbocycles. The van der Waals surface area contributed by atoms with Crippen molar-refractivity contribution in [2.45, 2.75) is 19.3 Å². The van der Waals surface area contributed by atoms with E-state index < -0.39 is 11.4 Å². The number of hydrogen-bond donors (Lipinski definition) is 1. The molecule has 7 heteroatoms. The van der Waals surface area contributed by atoms with Gasteiger partial charge in [0.1, 0.15) is 5.41 Å². The zero-order valence-corrected chi connectivity index (χ0v) is 16.4. The van der Waals surface area contributed by atoms with E-state index in [2.05, 4.69) is 0 Å². The number of rotatable bonds is 4. The molecule has 0 bridgehead atoms. The Bertz CT molecular complexity index is 802. The van der Waals surface area contributed by atoms with Crippen LogP contribution in [0.2, 0.25) is 0 Å². The lowest BCUT2D eigenvalue weighted by Crippen LogP contribution is -2.44. The molecule has 7 nitrogen and oxygen atoms in total. The van der Waals surface area contributed by atoms with Gasteiger partial charge >= 0.3 is 5.97 Å². The zero-order valence-electron chi connectivity index (χ0n) is 16.4. The zero-order chi connectivity index (χ0) is 20.1. The van der Waals surface area contributed by atoms with Crippen molar-refractivity contribution in [1.82, 2.24) is 9.80 Å². The molecule has 0 spiro atoms. The molecule has 3 fully saturated rings. The second-order valence-corrected chi connectivity index (χ2v) is 8.63. The number of carbonyl (C=O) groups excluding carboxylic acids is 2. The number of benzene rings is 1. The van der Waals surface area contributed by atoms with E-state index in [1.54, 1.807) is 21.9 Å². The summed E-state index contributed by atoms with van der Waals surface area (Å²) in [6.07, 6.45) is 2.90. The summed E-state index contributed by atoms with van der Waals surface area (Å²) in [5.74, 6) is -1.09. The van der Waals surface area contributed by atoms with E-state index >= 15 is 0 Å². The van der Waals surface area contributed by atoms with Crippen LogP contribution in [0, 0.1) is 17.3 Å². The van der Waals surface area contributed by atoms with Gasteiger partial charge in [0.2, 0.25) is 5.91 Å². The summed E-state index contributed by atoms with van der Waals surface area (Å²) in [4.78, 5) is 43.0. The van der Waals surface area contributed by atoms with Crippen LogP contribution in [0.3, 0.4) is 0 Å². The predicted molar refractivity (Wildman–Crippen MR) is 104 cm³/mol. The highest BCUT2D eigenvalue weighted by Gasteiger charge is 2.59. The Hall–Kier alpha value is -2.57. The van der Waals surface area contributed by atoms with Crippen LogP contribution in [0.1, 0.15) is 29.6 Å². The molecule has 28 heavy (non-hydrogen) atoms. The maximum atomic E-state index is 12.9. The van der Waals surface area contributed by atoms with Crippen LogP contribution >= 0.6 is 0 Å². The topological polar surface area (TPSA) is 81.2 Å². The highest BCUT2D eigenvalue weighted by Crippen LogP contribution is 2.44. The molecule has 2 saturated heterocycles. The van der Waals surface area contributed by atoms with Gasteiger partial charge in [-0.1, -0.05) is 6.42 Å². The van der Waals surface area contributed by atoms with Crippen LogP contribution < -0.4 is 4.90 Å². The maximum absolute atomic E-state index is 12.9. The molecule has 1 unspecified atom stereocenters. The van der Waals surface area contributed by atoms with Crippen molar-refractivity contribution < 1.29 is 19.5 Å². The molecule has 4 rings (SSSR count). The van der Waals surface area contributed by atoms with Crippen LogP contribution in [0.5, 0.6) is 0 Å². The Labute approximate surface area is 164 Å². The van der Waals surface area contributed by atoms with Gasteiger partial charge in [-0.25, -0.2) is 0 Å². The summed E-state index contributed by atoms with van der Waals surface area (Å²) in [6.45, 7) is 1.20. The summed E-state index contributed by atoms with van der Waals surface area (Å²) in [7, 11) is 3.87. The van der Waals surface area contributed by atoms with Crippen molar-refractivity contribution in [3.8, 4) is 0 Å². The highest BCUT2D eigenvalue weighted by atomic mass is 16.4. The van der Waals surface area contributed by atoms with Crippen molar-refractivity contribution in [2.75, 3.05) is 45.2 Å². The normalized spacial score (nSPS) is 26.7. The first-order valence-corrected chi connectivity index (χ1v) is 9.90. The van der Waals surface area contributed by atoms with Gasteiger partial charge < -0.3 is 19.8 Å². The number of nitrogens with zero attached hydrogens (tertiary/aromatic N) is 3. The van der Waals surface area contributed by atoms with Crippen molar-refractivity contribution in [3.05, 3.63) is 29.8 Å². The standard InChI is InChI=1S/C21H27N3O4/c1-22(2)17-8-6-15(7-9-17)19(26)24-11-16-10-23(18(25)14-4-3-5-14)12-21(16,13-24)20(27)28/h6-9,14,16H,3-5,10-13H2,1-2H3,(H,27,28)/t16?,21-/m1/s1. The summed E-state index contributed by atoms with van der Waals surface area (Å²) in [5.41, 5.74) is 0.522. The minimum atomic E-state index is -1.04. The third kappa shape index (κ3) is 2.93. The van der Waals surface area contributed by atoms with Crippen LogP contribution in [-0.2, 0) is 9.59 Å². The van der Waals surface area contributed by atoms with Gasteiger partial charge in [-0.05, 0) is 37.1 Å². The van der Waals surface area contributed by atoms with Gasteiger partial charge in [0.25, 0.3) is 5.91 Å². The van der Waals surface area contributed by atoms with Crippen molar-refractivity contribution in [2.24, 2.45) is 17.3 Å². The SMILES string of the molecule is CN(C)c1ccc(C(=O)N2CC3CN(C(=O)C4CCC4)C[C@@]3(C(=O)O)C2)cc1. The number of carboxylic acids is 1. The lowest BCUT2D eigenvalue weighted by atomic mass is 9.81. The number of fused-ring (bicyclic) bond motifs is 1. The van der Waals surface area contributed by atoms with Crippen LogP contribution in [0.15, 0.2) is 24.3 Å². The Morgan fingerprint density at radius 2 is 1.64 bits per heavy atom. The van der Waals surface area contributed by atoms with Gasteiger partial charge in [-0.2, -0.15) is 0 Å². The number of aliphatic carboxylic acids is 1. The second-order valence-electron chi connectivity index (χ2n) is 8.63. The van der Waals surface area contributed by atoms with Crippen molar-refractivity contribution in [1.29, 1.82) is 0 Å². The third-order valence-corrected chi connectivity index (χ3v) is 6.72. The fourth-order valence-electron chi connectivity index (χ4n) is 4.69. The molecule has 3 aliphatic rings. The van der Waals surface area contributed by atoms with E-state index in [0.29, 0.717) is 18.7 Å². The summed E-state index contributed by atoms with van der Waals surface area (Å²) < 4.78 is 0. The van der Waals surface area contributed by atoms with E-state index in [1.165, 1.54) is 0 Å². The molecule has 2 aliphatic heterocycles. The van der Waals surface area contributed by atoms with E-state index in [0.717, 1.165) is 24.9 Å². The molecular weight excluding hydrogens is 358 g/mol. The quantitative estimate of drug-likeness (QED) is 0.850. The van der Waals surface area contributed by atoms with Gasteiger partial charge in [-0.15, -0.1) is 0 Å². The average Bonchev–Trinajstić information content (AvgIpc) is 3.15. The smallest absolute Gasteiger partial charge is 0.313 e. The molecule has 2 amide bonds. The van der Waals surface area contributed by atoms with Gasteiger partial charge in [-0.3, -0.25) is 14.4 Å². The van der Waals surface area contributed by atoms with Crippen LogP contribution in [0.4, 0.5) is 5.69 Å². The molecule has 1 aromatic rings. The average molecular weight is 385 g/mol. The first-order chi connectivity index (χ1) is 13.3. The molecule has 1 N–H and O–H groups in total. The minimum absolute atomic E-state index is 0.0672. The van der Waals surface area contributed by atoms with Crippen molar-refractivity contribution >= 4 is 23.5 Å². The number of anilines is 1. The van der Waals surface area contributed by atoms with E-state index in [1.807, 2.05) is 31.1 Å². The minimum Gasteiger partial charge on any atom is -0.481 e. The fraction of sp³-hybridized carbons (Fsp3) is 0.571. The predicted octanol–water partition coefficient (Wildman–Crippen LogP) is 1.54. The van der Waals surface area contributed by atoms with E-state index in [9.17, 15) is 19.5 Å². The molecular formula is C21H27N3O4. The van der Waals surface area contributed by atoms with Gasteiger partial charge in [0, 0.05) is 63.4 Å². The fourth-order valence-corrected chi connectivity index (χ4v) is 4.69. The molecule has 0 radical (unpaired) electrons. The van der Waals surface area contributed by atoms with Gasteiger partial charge in [0.05, 0.1) is 0 Å². The Morgan fingerprint density at radius 3 is 2.14 bits per heavy atom. The monoisotopic (exact) mass is 385 g/mol. The van der Waals surface area contributed by atoms with E-state index in [-0.39, 0.29) is 36.7 Å². The third-order valence-electron chi connectivity index (χ3n) is 6.72. The molecule has 150 valence electrons. The molecule has 2 atom stereocenters. The second kappa shape index (κ2) is 6.79. The van der Waals surface area contributed by atoms with Crippen LogP contribution in [0.25, 0.3) is 0 Å². The maximum Gasteiger partial charge on any atom is 0.313 e. The molecule has 1 saturated carbocycles. The molecule has 1 aliphatic carbocycles. The Kier molecular flexibility index (Phi) is 4.56. The lowest BCUT2D eigenvalue weighted by Gasteiger charge is -2.31. The first kappa shape index (κ1) is 18.8. The number of carbonyl (C=O) groups is 3. The summed E-state index contributed by atoms with van der Waals surface area (Å²) in [6, 6.07) is 7.34. The summed E-state index contributed by atoms with van der Waals surface area (Å²) >= 11 is 0. The number of hydrogen-bond acceptors (Lipinski definition) is 4. The van der Waals surface area contributed by atoms with Gasteiger partial charge in [0.15, 0.2) is 0 Å². The molecule has 0 aromatic heterocycles.